The average molecular weight is 308 g/mol. The lowest BCUT2D eigenvalue weighted by molar-refractivity contribution is -0.0509. The van der Waals surface area contributed by atoms with Crippen LogP contribution in [0.15, 0.2) is 12.4 Å². The maximum atomic E-state index is 11.6. The number of aliphatic hydroxyl groups excluding tert-OH is 3. The van der Waals surface area contributed by atoms with E-state index in [-0.39, 0.29) is 5.56 Å². The van der Waals surface area contributed by atoms with Gasteiger partial charge in [-0.25, -0.2) is 9.97 Å². The molecule has 2 aromatic heterocycles. The topological polar surface area (TPSA) is 144 Å². The SMILES string of the molecule is Cc1ncc2c(C(N)=O)cn([C@@H]3O[C@H](CO)[C@@H](O)[C@H]3O)c2n1. The molecule has 0 aliphatic carbocycles. The Balaban J connectivity index is 2.15. The van der Waals surface area contributed by atoms with Crippen molar-refractivity contribution in [2.24, 2.45) is 5.73 Å². The summed E-state index contributed by atoms with van der Waals surface area (Å²) in [5.74, 6) is -0.197. The van der Waals surface area contributed by atoms with Gasteiger partial charge < -0.3 is 30.4 Å². The summed E-state index contributed by atoms with van der Waals surface area (Å²) in [7, 11) is 0. The Hall–Kier alpha value is -2.07. The number of rotatable bonds is 3. The number of hydrogen-bond donors (Lipinski definition) is 4. The first kappa shape index (κ1) is 14.9. The van der Waals surface area contributed by atoms with E-state index in [9.17, 15) is 15.0 Å². The van der Waals surface area contributed by atoms with Crippen LogP contribution in [0.2, 0.25) is 0 Å². The van der Waals surface area contributed by atoms with Crippen molar-refractivity contribution in [3.8, 4) is 0 Å². The number of nitrogens with zero attached hydrogens (tertiary/aromatic N) is 3. The van der Waals surface area contributed by atoms with E-state index in [4.69, 9.17) is 15.6 Å². The molecular formula is C13H16N4O5. The van der Waals surface area contributed by atoms with Gasteiger partial charge in [0.05, 0.1) is 17.6 Å². The van der Waals surface area contributed by atoms with Crippen molar-refractivity contribution >= 4 is 16.9 Å². The van der Waals surface area contributed by atoms with E-state index in [0.717, 1.165) is 0 Å². The minimum atomic E-state index is -1.27. The summed E-state index contributed by atoms with van der Waals surface area (Å²) in [6, 6.07) is 0. The first-order chi connectivity index (χ1) is 10.4. The third-order valence-electron chi connectivity index (χ3n) is 3.75. The Morgan fingerprint density at radius 3 is 2.77 bits per heavy atom. The van der Waals surface area contributed by atoms with Crippen molar-refractivity contribution in [1.29, 1.82) is 0 Å². The molecule has 1 amide bonds. The highest BCUT2D eigenvalue weighted by Gasteiger charge is 2.44. The molecule has 0 unspecified atom stereocenters. The number of hydrogen-bond acceptors (Lipinski definition) is 7. The van der Waals surface area contributed by atoms with E-state index in [1.54, 1.807) is 6.92 Å². The summed E-state index contributed by atoms with van der Waals surface area (Å²) in [6.45, 7) is 1.24. The lowest BCUT2D eigenvalue weighted by Gasteiger charge is -2.17. The smallest absolute Gasteiger partial charge is 0.250 e. The van der Waals surface area contributed by atoms with Gasteiger partial charge in [-0.2, -0.15) is 0 Å². The molecule has 1 aliphatic rings. The summed E-state index contributed by atoms with van der Waals surface area (Å²) in [5.41, 5.74) is 5.89. The molecule has 2 aromatic rings. The van der Waals surface area contributed by atoms with Crippen LogP contribution in [-0.4, -0.2) is 60.7 Å². The van der Waals surface area contributed by atoms with Gasteiger partial charge in [0.2, 0.25) is 0 Å². The van der Waals surface area contributed by atoms with Crippen molar-refractivity contribution in [2.75, 3.05) is 6.61 Å². The number of ether oxygens (including phenoxy) is 1. The summed E-state index contributed by atoms with van der Waals surface area (Å²) in [6.07, 6.45) is -1.55. The highest BCUT2D eigenvalue weighted by atomic mass is 16.6. The fourth-order valence-corrected chi connectivity index (χ4v) is 2.61. The molecule has 9 heteroatoms. The summed E-state index contributed by atoms with van der Waals surface area (Å²) >= 11 is 0. The minimum Gasteiger partial charge on any atom is -0.394 e. The third kappa shape index (κ3) is 2.15. The van der Waals surface area contributed by atoms with Crippen LogP contribution in [0.5, 0.6) is 0 Å². The van der Waals surface area contributed by atoms with Crippen molar-refractivity contribution in [2.45, 2.75) is 31.5 Å². The van der Waals surface area contributed by atoms with Gasteiger partial charge in [0.25, 0.3) is 5.91 Å². The highest BCUT2D eigenvalue weighted by Crippen LogP contribution is 2.33. The van der Waals surface area contributed by atoms with Crippen molar-refractivity contribution < 1.29 is 24.9 Å². The fourth-order valence-electron chi connectivity index (χ4n) is 2.61. The van der Waals surface area contributed by atoms with E-state index in [0.29, 0.717) is 16.9 Å². The van der Waals surface area contributed by atoms with Gasteiger partial charge >= 0.3 is 0 Å². The first-order valence-electron chi connectivity index (χ1n) is 6.70. The zero-order valence-electron chi connectivity index (χ0n) is 11.7. The lowest BCUT2D eigenvalue weighted by Crippen LogP contribution is -2.33. The van der Waals surface area contributed by atoms with Gasteiger partial charge in [-0.05, 0) is 6.92 Å². The number of aryl methyl sites for hydroxylation is 1. The minimum absolute atomic E-state index is 0.188. The Bertz CT molecular complexity index is 731. The Kier molecular flexibility index (Phi) is 3.57. The van der Waals surface area contributed by atoms with Crippen LogP contribution >= 0.6 is 0 Å². The number of fused-ring (bicyclic) bond motifs is 1. The maximum absolute atomic E-state index is 11.6. The molecule has 0 saturated carbocycles. The van der Waals surface area contributed by atoms with Gasteiger partial charge in [-0.1, -0.05) is 0 Å². The molecule has 9 nitrogen and oxygen atoms in total. The molecule has 1 fully saturated rings. The normalized spacial score (nSPS) is 28.4. The van der Waals surface area contributed by atoms with E-state index >= 15 is 0 Å². The largest absolute Gasteiger partial charge is 0.394 e. The van der Waals surface area contributed by atoms with Crippen molar-refractivity contribution in [1.82, 2.24) is 14.5 Å². The maximum Gasteiger partial charge on any atom is 0.250 e. The zero-order valence-corrected chi connectivity index (χ0v) is 11.7. The molecule has 4 atom stereocenters. The number of amides is 1. The second kappa shape index (κ2) is 5.29. The number of nitrogens with two attached hydrogens (primary N) is 1. The summed E-state index contributed by atoms with van der Waals surface area (Å²) in [4.78, 5) is 19.8. The van der Waals surface area contributed by atoms with Crippen LogP contribution in [0, 0.1) is 6.92 Å². The van der Waals surface area contributed by atoms with Crippen LogP contribution in [-0.2, 0) is 4.74 Å². The molecule has 0 spiro atoms. The Labute approximate surface area is 125 Å². The highest BCUT2D eigenvalue weighted by molar-refractivity contribution is 6.05. The molecule has 1 aliphatic heterocycles. The molecule has 22 heavy (non-hydrogen) atoms. The van der Waals surface area contributed by atoms with Gasteiger partial charge in [0.15, 0.2) is 6.23 Å². The van der Waals surface area contributed by atoms with Gasteiger partial charge in [0, 0.05) is 12.4 Å². The van der Waals surface area contributed by atoms with Crippen LogP contribution in [0.1, 0.15) is 22.4 Å². The first-order valence-corrected chi connectivity index (χ1v) is 6.70. The van der Waals surface area contributed by atoms with Gasteiger partial charge in [0.1, 0.15) is 29.8 Å². The van der Waals surface area contributed by atoms with Crippen molar-refractivity contribution in [3.63, 3.8) is 0 Å². The van der Waals surface area contributed by atoms with Crippen LogP contribution in [0.3, 0.4) is 0 Å². The molecule has 3 rings (SSSR count). The van der Waals surface area contributed by atoms with Crippen molar-refractivity contribution in [3.05, 3.63) is 23.8 Å². The van der Waals surface area contributed by atoms with Crippen LogP contribution < -0.4 is 5.73 Å². The standard InChI is InChI=1S/C13H16N4O5/c1-5-15-2-6-7(11(14)21)3-17(12(6)16-5)13-10(20)9(19)8(4-18)22-13/h2-3,8-10,13,18-20H,4H2,1H3,(H2,14,21)/t8-,9-,10-,13-/m1/s1. The molecule has 0 aromatic carbocycles. The monoisotopic (exact) mass is 308 g/mol. The average Bonchev–Trinajstić information content (AvgIpc) is 2.98. The molecule has 5 N–H and O–H groups in total. The van der Waals surface area contributed by atoms with E-state index in [1.165, 1.54) is 17.0 Å². The second-order valence-electron chi connectivity index (χ2n) is 5.20. The van der Waals surface area contributed by atoms with E-state index in [2.05, 4.69) is 9.97 Å². The lowest BCUT2D eigenvalue weighted by atomic mass is 10.1. The van der Waals surface area contributed by atoms with Crippen LogP contribution in [0.25, 0.3) is 11.0 Å². The van der Waals surface area contributed by atoms with Crippen LogP contribution in [0.4, 0.5) is 0 Å². The summed E-state index contributed by atoms with van der Waals surface area (Å²) in [5, 5.41) is 29.6. The number of primary amides is 1. The fraction of sp³-hybridized carbons (Fsp3) is 0.462. The molecule has 118 valence electrons. The third-order valence-corrected chi connectivity index (χ3v) is 3.75. The Morgan fingerprint density at radius 2 is 2.18 bits per heavy atom. The number of aliphatic hydroxyl groups is 3. The number of carbonyl (C=O) groups is 1. The summed E-state index contributed by atoms with van der Waals surface area (Å²) < 4.78 is 6.89. The van der Waals surface area contributed by atoms with Gasteiger partial charge in [-0.3, -0.25) is 4.79 Å². The quantitative estimate of drug-likeness (QED) is 0.537. The molecule has 0 bridgehead atoms. The molecule has 3 heterocycles. The Morgan fingerprint density at radius 1 is 1.45 bits per heavy atom. The molecule has 1 saturated heterocycles. The van der Waals surface area contributed by atoms with Gasteiger partial charge in [-0.15, -0.1) is 0 Å². The second-order valence-corrected chi connectivity index (χ2v) is 5.20. The van der Waals surface area contributed by atoms with E-state index in [1.807, 2.05) is 0 Å². The predicted octanol–water partition coefficient (Wildman–Crippen LogP) is -1.55. The number of aromatic nitrogens is 3. The number of carbonyl (C=O) groups excluding carboxylic acids is 1. The van der Waals surface area contributed by atoms with E-state index < -0.39 is 37.1 Å². The zero-order chi connectivity index (χ0) is 16.0. The molecular weight excluding hydrogens is 292 g/mol. The predicted molar refractivity (Wildman–Crippen MR) is 73.8 cm³/mol. The molecule has 0 radical (unpaired) electrons.